The molecule has 0 spiro atoms. The summed E-state index contributed by atoms with van der Waals surface area (Å²) in [6.07, 6.45) is 0. The van der Waals surface area contributed by atoms with E-state index in [1.807, 2.05) is 13.8 Å². The molecule has 7 heteroatoms. The van der Waals surface area contributed by atoms with Crippen molar-refractivity contribution in [3.8, 4) is 5.75 Å². The van der Waals surface area contributed by atoms with E-state index in [2.05, 4.69) is 0 Å². The summed E-state index contributed by atoms with van der Waals surface area (Å²) in [5.74, 6) is 0.493. The van der Waals surface area contributed by atoms with Crippen LogP contribution < -0.4 is 4.74 Å². The van der Waals surface area contributed by atoms with Crippen LogP contribution in [0.15, 0.2) is 23.1 Å². The van der Waals surface area contributed by atoms with E-state index in [9.17, 15) is 13.5 Å². The van der Waals surface area contributed by atoms with Gasteiger partial charge in [-0.2, -0.15) is 16.1 Å². The molecule has 0 aromatic heterocycles. The van der Waals surface area contributed by atoms with Crippen LogP contribution in [0.4, 0.5) is 0 Å². The number of aliphatic hydroxyl groups excluding tert-OH is 1. The molecule has 0 aliphatic carbocycles. The van der Waals surface area contributed by atoms with Crippen molar-refractivity contribution in [1.82, 2.24) is 4.31 Å². The first-order chi connectivity index (χ1) is 9.88. The number of ether oxygens (including phenoxy) is 1. The molecule has 118 valence electrons. The predicted octanol–water partition coefficient (Wildman–Crippen LogP) is 1.70. The molecule has 5 nitrogen and oxygen atoms in total. The van der Waals surface area contributed by atoms with Gasteiger partial charge in [-0.3, -0.25) is 0 Å². The van der Waals surface area contributed by atoms with Gasteiger partial charge < -0.3 is 9.84 Å². The molecule has 0 bridgehead atoms. The normalized spacial score (nSPS) is 24.0. The maximum Gasteiger partial charge on any atom is 0.243 e. The minimum atomic E-state index is -3.53. The zero-order chi connectivity index (χ0) is 15.6. The van der Waals surface area contributed by atoms with Crippen LogP contribution in [0.2, 0.25) is 0 Å². The van der Waals surface area contributed by atoms with Gasteiger partial charge in [-0.25, -0.2) is 8.42 Å². The average molecular weight is 331 g/mol. The standard InChI is InChI=1S/C14H21NO4S2/c1-10-7-15(8-11(2)20-10)21(17,18)13-4-5-14(19-3)12(6-13)9-16/h4-6,10-11,16H,7-9H2,1-3H3. The van der Waals surface area contributed by atoms with Gasteiger partial charge in [0.2, 0.25) is 10.0 Å². The lowest BCUT2D eigenvalue weighted by Crippen LogP contribution is -2.43. The lowest BCUT2D eigenvalue weighted by atomic mass is 10.2. The molecular formula is C14H21NO4S2. The van der Waals surface area contributed by atoms with Crippen LogP contribution in [-0.2, 0) is 16.6 Å². The molecule has 1 saturated heterocycles. The number of methoxy groups -OCH3 is 1. The van der Waals surface area contributed by atoms with Crippen molar-refractivity contribution in [2.24, 2.45) is 0 Å². The second-order valence-electron chi connectivity index (χ2n) is 5.21. The SMILES string of the molecule is COc1ccc(S(=O)(=O)N2CC(C)SC(C)C2)cc1CO. The fourth-order valence-electron chi connectivity index (χ4n) is 2.52. The van der Waals surface area contributed by atoms with E-state index in [0.29, 0.717) is 24.4 Å². The summed E-state index contributed by atoms with van der Waals surface area (Å²) in [4.78, 5) is 0.207. The number of thioether (sulfide) groups is 1. The molecular weight excluding hydrogens is 310 g/mol. The van der Waals surface area contributed by atoms with Gasteiger partial charge in [-0.1, -0.05) is 13.8 Å². The maximum absolute atomic E-state index is 12.7. The van der Waals surface area contributed by atoms with Gasteiger partial charge >= 0.3 is 0 Å². The molecule has 0 radical (unpaired) electrons. The lowest BCUT2D eigenvalue weighted by molar-refractivity contribution is 0.273. The highest BCUT2D eigenvalue weighted by Crippen LogP contribution is 2.30. The largest absolute Gasteiger partial charge is 0.496 e. The molecule has 21 heavy (non-hydrogen) atoms. The number of hydrogen-bond acceptors (Lipinski definition) is 5. The van der Waals surface area contributed by atoms with Crippen molar-refractivity contribution < 1.29 is 18.3 Å². The Morgan fingerprint density at radius 1 is 1.33 bits per heavy atom. The monoisotopic (exact) mass is 331 g/mol. The molecule has 0 amide bonds. The molecule has 1 aliphatic heterocycles. The van der Waals surface area contributed by atoms with Gasteiger partial charge in [-0.05, 0) is 18.2 Å². The van der Waals surface area contributed by atoms with Crippen molar-refractivity contribution in [2.45, 2.75) is 35.8 Å². The Kier molecular flexibility index (Phi) is 5.19. The number of benzene rings is 1. The summed E-state index contributed by atoms with van der Waals surface area (Å²) < 4.78 is 32.1. The summed E-state index contributed by atoms with van der Waals surface area (Å²) in [5, 5.41) is 9.90. The van der Waals surface area contributed by atoms with Crippen LogP contribution in [0, 0.1) is 0 Å². The molecule has 1 aromatic rings. The van der Waals surface area contributed by atoms with Crippen molar-refractivity contribution in [3.63, 3.8) is 0 Å². The molecule has 1 aromatic carbocycles. The Balaban J connectivity index is 2.35. The number of hydrogen-bond donors (Lipinski definition) is 1. The molecule has 1 fully saturated rings. The van der Waals surface area contributed by atoms with E-state index in [-0.39, 0.29) is 22.0 Å². The van der Waals surface area contributed by atoms with Crippen molar-refractivity contribution in [3.05, 3.63) is 23.8 Å². The molecule has 0 saturated carbocycles. The first kappa shape index (κ1) is 16.6. The minimum Gasteiger partial charge on any atom is -0.496 e. The van der Waals surface area contributed by atoms with E-state index in [4.69, 9.17) is 4.74 Å². The van der Waals surface area contributed by atoms with E-state index >= 15 is 0 Å². The zero-order valence-electron chi connectivity index (χ0n) is 12.4. The van der Waals surface area contributed by atoms with Gasteiger partial charge in [-0.15, -0.1) is 0 Å². The van der Waals surface area contributed by atoms with Crippen molar-refractivity contribution in [2.75, 3.05) is 20.2 Å². The average Bonchev–Trinajstić information content (AvgIpc) is 2.45. The molecule has 2 rings (SSSR count). The first-order valence-corrected chi connectivity index (χ1v) is 9.20. The van der Waals surface area contributed by atoms with Gasteiger partial charge in [0.15, 0.2) is 0 Å². The Hall–Kier alpha value is -0.760. The molecule has 2 atom stereocenters. The van der Waals surface area contributed by atoms with Crippen LogP contribution in [0.1, 0.15) is 19.4 Å². The van der Waals surface area contributed by atoms with E-state index in [1.54, 1.807) is 17.8 Å². The molecule has 1 aliphatic rings. The third-order valence-corrected chi connectivity index (χ3v) is 6.50. The lowest BCUT2D eigenvalue weighted by Gasteiger charge is -2.33. The van der Waals surface area contributed by atoms with Crippen LogP contribution >= 0.6 is 11.8 Å². The van der Waals surface area contributed by atoms with Crippen LogP contribution in [0.3, 0.4) is 0 Å². The van der Waals surface area contributed by atoms with Crippen LogP contribution in [0.25, 0.3) is 0 Å². The summed E-state index contributed by atoms with van der Waals surface area (Å²) in [7, 11) is -2.04. The quantitative estimate of drug-likeness (QED) is 0.910. The highest BCUT2D eigenvalue weighted by Gasteiger charge is 2.32. The zero-order valence-corrected chi connectivity index (χ0v) is 14.1. The minimum absolute atomic E-state index is 0.207. The summed E-state index contributed by atoms with van der Waals surface area (Å²) in [5.41, 5.74) is 0.478. The topological polar surface area (TPSA) is 66.8 Å². The third kappa shape index (κ3) is 3.53. The smallest absolute Gasteiger partial charge is 0.243 e. The Labute approximate surface area is 130 Å². The van der Waals surface area contributed by atoms with E-state index < -0.39 is 10.0 Å². The number of sulfonamides is 1. The van der Waals surface area contributed by atoms with Gasteiger partial charge in [0.1, 0.15) is 5.75 Å². The summed E-state index contributed by atoms with van der Waals surface area (Å²) in [6, 6.07) is 4.61. The first-order valence-electron chi connectivity index (χ1n) is 6.82. The molecule has 1 heterocycles. The fraction of sp³-hybridized carbons (Fsp3) is 0.571. The molecule has 2 unspecified atom stereocenters. The summed E-state index contributed by atoms with van der Waals surface area (Å²) >= 11 is 1.80. The Morgan fingerprint density at radius 2 is 1.95 bits per heavy atom. The number of nitrogens with zero attached hydrogens (tertiary/aromatic N) is 1. The van der Waals surface area contributed by atoms with E-state index in [1.165, 1.54) is 23.5 Å². The van der Waals surface area contributed by atoms with E-state index in [0.717, 1.165) is 0 Å². The Morgan fingerprint density at radius 3 is 2.48 bits per heavy atom. The summed E-state index contributed by atoms with van der Waals surface area (Å²) in [6.45, 7) is 4.84. The fourth-order valence-corrected chi connectivity index (χ4v) is 5.70. The number of aliphatic hydroxyl groups is 1. The predicted molar refractivity (Wildman–Crippen MR) is 84.2 cm³/mol. The van der Waals surface area contributed by atoms with Gasteiger partial charge in [0.25, 0.3) is 0 Å². The maximum atomic E-state index is 12.7. The van der Waals surface area contributed by atoms with Gasteiger partial charge in [0, 0.05) is 29.2 Å². The van der Waals surface area contributed by atoms with Crippen LogP contribution in [0.5, 0.6) is 5.75 Å². The second kappa shape index (κ2) is 6.56. The number of rotatable bonds is 4. The highest BCUT2D eigenvalue weighted by molar-refractivity contribution is 8.00. The van der Waals surface area contributed by atoms with Crippen LogP contribution in [-0.4, -0.2) is 48.5 Å². The highest BCUT2D eigenvalue weighted by atomic mass is 32.2. The molecule has 1 N–H and O–H groups in total. The second-order valence-corrected chi connectivity index (χ2v) is 9.03. The van der Waals surface area contributed by atoms with Crippen molar-refractivity contribution >= 4 is 21.8 Å². The Bertz CT molecular complexity index is 593. The third-order valence-electron chi connectivity index (χ3n) is 3.45. The van der Waals surface area contributed by atoms with Gasteiger partial charge in [0.05, 0.1) is 18.6 Å². The van der Waals surface area contributed by atoms with Crippen molar-refractivity contribution in [1.29, 1.82) is 0 Å².